The van der Waals surface area contributed by atoms with E-state index in [0.29, 0.717) is 0 Å². The molecule has 0 radical (unpaired) electrons. The molecule has 0 aliphatic heterocycles. The van der Waals surface area contributed by atoms with E-state index in [0.717, 1.165) is 22.8 Å². The number of amides is 1. The standard InChI is InChI=1S/C15H17NO2/c1-3-13(16-10(2)17)15-12-7-5-4-6-11(12)8-9-14(15)18/h4-9,13,18H,3H2,1-2H3,(H,16,17)/t13-/m1/s1. The predicted molar refractivity (Wildman–Crippen MR) is 72.5 cm³/mol. The number of carbonyl (C=O) groups is 1. The predicted octanol–water partition coefficient (Wildman–Crippen LogP) is 3.13. The topological polar surface area (TPSA) is 49.3 Å². The average molecular weight is 243 g/mol. The van der Waals surface area contributed by atoms with E-state index in [-0.39, 0.29) is 17.7 Å². The summed E-state index contributed by atoms with van der Waals surface area (Å²) in [5, 5.41) is 15.0. The molecule has 18 heavy (non-hydrogen) atoms. The van der Waals surface area contributed by atoms with Gasteiger partial charge in [0.15, 0.2) is 0 Å². The zero-order valence-corrected chi connectivity index (χ0v) is 10.6. The first-order chi connectivity index (χ1) is 8.63. The summed E-state index contributed by atoms with van der Waals surface area (Å²) in [5.41, 5.74) is 0.797. The molecular formula is C15H17NO2. The molecule has 2 aromatic carbocycles. The lowest BCUT2D eigenvalue weighted by molar-refractivity contribution is -0.119. The number of nitrogens with one attached hydrogen (secondary N) is 1. The van der Waals surface area contributed by atoms with Gasteiger partial charge in [0.25, 0.3) is 0 Å². The molecule has 3 heteroatoms. The van der Waals surface area contributed by atoms with Crippen molar-refractivity contribution in [3.63, 3.8) is 0 Å². The molecule has 3 nitrogen and oxygen atoms in total. The van der Waals surface area contributed by atoms with Crippen LogP contribution < -0.4 is 5.32 Å². The van der Waals surface area contributed by atoms with Gasteiger partial charge in [-0.05, 0) is 23.3 Å². The second-order valence-corrected chi connectivity index (χ2v) is 4.38. The summed E-state index contributed by atoms with van der Waals surface area (Å²) in [7, 11) is 0. The molecule has 0 bridgehead atoms. The Morgan fingerprint density at radius 2 is 2.00 bits per heavy atom. The number of phenolic OH excluding ortho intramolecular Hbond substituents is 1. The number of benzene rings is 2. The fraction of sp³-hybridized carbons (Fsp3) is 0.267. The SMILES string of the molecule is CC[C@@H](NC(C)=O)c1c(O)ccc2ccccc12. The number of aromatic hydroxyl groups is 1. The Kier molecular flexibility index (Phi) is 3.51. The maximum atomic E-state index is 11.2. The summed E-state index contributed by atoms with van der Waals surface area (Å²) in [5.74, 6) is 0.142. The molecule has 0 saturated carbocycles. The van der Waals surface area contributed by atoms with Crippen LogP contribution in [0.25, 0.3) is 10.8 Å². The molecule has 0 aliphatic carbocycles. The van der Waals surface area contributed by atoms with Crippen LogP contribution in [0.15, 0.2) is 36.4 Å². The lowest BCUT2D eigenvalue weighted by Crippen LogP contribution is -2.25. The Morgan fingerprint density at radius 3 is 2.67 bits per heavy atom. The van der Waals surface area contributed by atoms with Gasteiger partial charge in [-0.1, -0.05) is 37.3 Å². The molecule has 94 valence electrons. The van der Waals surface area contributed by atoms with Gasteiger partial charge in [0.05, 0.1) is 6.04 Å². The van der Waals surface area contributed by atoms with Gasteiger partial charge in [0.2, 0.25) is 5.91 Å². The maximum Gasteiger partial charge on any atom is 0.217 e. The number of hydrogen-bond donors (Lipinski definition) is 2. The van der Waals surface area contributed by atoms with Crippen molar-refractivity contribution in [3.8, 4) is 5.75 Å². The van der Waals surface area contributed by atoms with Crippen molar-refractivity contribution in [3.05, 3.63) is 42.0 Å². The molecule has 0 heterocycles. The maximum absolute atomic E-state index is 11.2. The number of rotatable bonds is 3. The zero-order chi connectivity index (χ0) is 13.1. The Morgan fingerprint density at radius 1 is 1.28 bits per heavy atom. The first-order valence-corrected chi connectivity index (χ1v) is 6.11. The largest absolute Gasteiger partial charge is 0.508 e. The molecule has 1 amide bonds. The first-order valence-electron chi connectivity index (χ1n) is 6.11. The van der Waals surface area contributed by atoms with Crippen LogP contribution in [0, 0.1) is 0 Å². The molecule has 0 fully saturated rings. The smallest absolute Gasteiger partial charge is 0.217 e. The Bertz CT molecular complexity index is 578. The van der Waals surface area contributed by atoms with E-state index in [1.165, 1.54) is 6.92 Å². The van der Waals surface area contributed by atoms with Gasteiger partial charge in [0, 0.05) is 12.5 Å². The van der Waals surface area contributed by atoms with E-state index >= 15 is 0 Å². The third-order valence-corrected chi connectivity index (χ3v) is 3.08. The molecule has 0 unspecified atom stereocenters. The highest BCUT2D eigenvalue weighted by Gasteiger charge is 2.17. The number of hydrogen-bond acceptors (Lipinski definition) is 2. The lowest BCUT2D eigenvalue weighted by Gasteiger charge is -2.19. The minimum absolute atomic E-state index is 0.0887. The van der Waals surface area contributed by atoms with E-state index < -0.39 is 0 Å². The highest BCUT2D eigenvalue weighted by molar-refractivity contribution is 5.88. The normalized spacial score (nSPS) is 12.3. The van der Waals surface area contributed by atoms with E-state index in [1.54, 1.807) is 6.07 Å². The molecule has 2 rings (SSSR count). The fourth-order valence-electron chi connectivity index (χ4n) is 2.27. The van der Waals surface area contributed by atoms with Crippen LogP contribution >= 0.6 is 0 Å². The summed E-state index contributed by atoms with van der Waals surface area (Å²) >= 11 is 0. The zero-order valence-electron chi connectivity index (χ0n) is 10.6. The summed E-state index contributed by atoms with van der Waals surface area (Å²) in [6, 6.07) is 11.3. The Hall–Kier alpha value is -2.03. The van der Waals surface area contributed by atoms with Crippen LogP contribution in [0.1, 0.15) is 31.9 Å². The van der Waals surface area contributed by atoms with Gasteiger partial charge in [-0.2, -0.15) is 0 Å². The minimum atomic E-state index is -0.159. The van der Waals surface area contributed by atoms with Crippen molar-refractivity contribution in [1.29, 1.82) is 0 Å². The van der Waals surface area contributed by atoms with Crippen molar-refractivity contribution in [2.75, 3.05) is 0 Å². The van der Waals surface area contributed by atoms with Gasteiger partial charge in [-0.25, -0.2) is 0 Å². The molecule has 0 spiro atoms. The highest BCUT2D eigenvalue weighted by Crippen LogP contribution is 2.33. The second kappa shape index (κ2) is 5.08. The van der Waals surface area contributed by atoms with Gasteiger partial charge in [-0.15, -0.1) is 0 Å². The second-order valence-electron chi connectivity index (χ2n) is 4.38. The molecular weight excluding hydrogens is 226 g/mol. The summed E-state index contributed by atoms with van der Waals surface area (Å²) in [6.45, 7) is 3.48. The van der Waals surface area contributed by atoms with Crippen molar-refractivity contribution in [1.82, 2.24) is 5.32 Å². The molecule has 2 aromatic rings. The third kappa shape index (κ3) is 2.30. The summed E-state index contributed by atoms with van der Waals surface area (Å²) in [6.07, 6.45) is 0.737. The lowest BCUT2D eigenvalue weighted by atomic mass is 9.96. The first kappa shape index (κ1) is 12.4. The van der Waals surface area contributed by atoms with Crippen molar-refractivity contribution in [2.45, 2.75) is 26.3 Å². The molecule has 0 saturated heterocycles. The van der Waals surface area contributed by atoms with Gasteiger partial charge < -0.3 is 10.4 Å². The van der Waals surface area contributed by atoms with Crippen LogP contribution in [0.2, 0.25) is 0 Å². The van der Waals surface area contributed by atoms with E-state index in [9.17, 15) is 9.90 Å². The summed E-state index contributed by atoms with van der Waals surface area (Å²) in [4.78, 5) is 11.2. The number of phenols is 1. The van der Waals surface area contributed by atoms with Crippen LogP contribution in [0.4, 0.5) is 0 Å². The van der Waals surface area contributed by atoms with E-state index in [2.05, 4.69) is 5.32 Å². The van der Waals surface area contributed by atoms with Crippen molar-refractivity contribution in [2.24, 2.45) is 0 Å². The van der Waals surface area contributed by atoms with Gasteiger partial charge in [-0.3, -0.25) is 4.79 Å². The Labute approximate surface area is 106 Å². The van der Waals surface area contributed by atoms with Gasteiger partial charge in [0.1, 0.15) is 5.75 Å². The minimum Gasteiger partial charge on any atom is -0.508 e. The van der Waals surface area contributed by atoms with Gasteiger partial charge >= 0.3 is 0 Å². The molecule has 2 N–H and O–H groups in total. The highest BCUT2D eigenvalue weighted by atomic mass is 16.3. The summed E-state index contributed by atoms with van der Waals surface area (Å²) < 4.78 is 0. The molecule has 0 aromatic heterocycles. The number of fused-ring (bicyclic) bond motifs is 1. The number of carbonyl (C=O) groups excluding carboxylic acids is 1. The monoisotopic (exact) mass is 243 g/mol. The van der Waals surface area contributed by atoms with Crippen LogP contribution in [0.3, 0.4) is 0 Å². The molecule has 0 aliphatic rings. The average Bonchev–Trinajstić information content (AvgIpc) is 2.36. The fourth-order valence-corrected chi connectivity index (χ4v) is 2.27. The van der Waals surface area contributed by atoms with E-state index in [4.69, 9.17) is 0 Å². The quantitative estimate of drug-likeness (QED) is 0.870. The molecule has 1 atom stereocenters. The van der Waals surface area contributed by atoms with Crippen molar-refractivity contribution < 1.29 is 9.90 Å². The van der Waals surface area contributed by atoms with E-state index in [1.807, 2.05) is 37.3 Å². The van der Waals surface area contributed by atoms with Crippen LogP contribution in [-0.4, -0.2) is 11.0 Å². The Balaban J connectivity index is 2.60. The van der Waals surface area contributed by atoms with Crippen LogP contribution in [-0.2, 0) is 4.79 Å². The third-order valence-electron chi connectivity index (χ3n) is 3.08. The van der Waals surface area contributed by atoms with Crippen LogP contribution in [0.5, 0.6) is 5.75 Å². The van der Waals surface area contributed by atoms with Crippen molar-refractivity contribution >= 4 is 16.7 Å².